The van der Waals surface area contributed by atoms with Crippen LogP contribution >= 0.6 is 0 Å². The van der Waals surface area contributed by atoms with Gasteiger partial charge in [-0.3, -0.25) is 0 Å². The second-order valence-corrected chi connectivity index (χ2v) is 8.33. The second-order valence-electron chi connectivity index (χ2n) is 8.33. The van der Waals surface area contributed by atoms with Gasteiger partial charge in [0.15, 0.2) is 0 Å². The molecule has 0 unspecified atom stereocenters. The third-order valence-corrected chi connectivity index (χ3v) is 4.37. The molecule has 3 rings (SSSR count). The minimum Gasteiger partial charge on any atom is -0.456 e. The summed E-state index contributed by atoms with van der Waals surface area (Å²) in [6.45, 7) is 5.17. The van der Waals surface area contributed by atoms with E-state index in [1.54, 1.807) is 51.1 Å². The van der Waals surface area contributed by atoms with Crippen molar-refractivity contribution in [2.75, 3.05) is 0 Å². The van der Waals surface area contributed by atoms with Crippen molar-refractivity contribution < 1.29 is 28.9 Å². The van der Waals surface area contributed by atoms with Gasteiger partial charge in [0.05, 0.1) is 18.0 Å². The van der Waals surface area contributed by atoms with Crippen molar-refractivity contribution in [3.05, 3.63) is 89.5 Å². The number of benzene rings is 3. The van der Waals surface area contributed by atoms with Crippen LogP contribution in [0.15, 0.2) is 83.0 Å². The molecule has 0 radical (unpaired) electrons. The molecule has 8 heteroatoms. The monoisotopic (exact) mass is 462 g/mol. The van der Waals surface area contributed by atoms with E-state index in [-0.39, 0.29) is 24.5 Å². The van der Waals surface area contributed by atoms with Crippen LogP contribution in [0.1, 0.15) is 42.3 Å². The zero-order valence-electron chi connectivity index (χ0n) is 19.2. The molecule has 0 amide bonds. The van der Waals surface area contributed by atoms with Crippen LogP contribution in [0.25, 0.3) is 0 Å². The van der Waals surface area contributed by atoms with Gasteiger partial charge in [0, 0.05) is 0 Å². The Kier molecular flexibility index (Phi) is 8.10. The summed E-state index contributed by atoms with van der Waals surface area (Å²) >= 11 is 0. The van der Waals surface area contributed by atoms with E-state index in [1.165, 1.54) is 12.1 Å². The molecule has 176 valence electrons. The minimum absolute atomic E-state index is 0.0127. The maximum Gasteiger partial charge on any atom is 0.514 e. The van der Waals surface area contributed by atoms with E-state index in [0.29, 0.717) is 11.4 Å². The average Bonchev–Trinajstić information content (AvgIpc) is 2.82. The smallest absolute Gasteiger partial charge is 0.456 e. The maximum atomic E-state index is 12.8. The van der Waals surface area contributed by atoms with Crippen molar-refractivity contribution in [2.45, 2.75) is 39.6 Å². The molecule has 0 saturated heterocycles. The van der Waals surface area contributed by atoms with Crippen molar-refractivity contribution in [1.29, 1.82) is 0 Å². The Morgan fingerprint density at radius 1 is 0.853 bits per heavy atom. The number of nitrogens with zero attached hydrogens (tertiary/aromatic N) is 2. The van der Waals surface area contributed by atoms with Gasteiger partial charge in [-0.2, -0.15) is 10.2 Å². The van der Waals surface area contributed by atoms with Crippen LogP contribution in [-0.4, -0.2) is 22.8 Å². The first-order valence-electron chi connectivity index (χ1n) is 10.6. The first-order chi connectivity index (χ1) is 16.2. The molecule has 0 fully saturated rings. The fourth-order valence-corrected chi connectivity index (χ4v) is 2.78. The van der Waals surface area contributed by atoms with Crippen molar-refractivity contribution in [3.63, 3.8) is 0 Å². The molecule has 3 aromatic carbocycles. The lowest BCUT2D eigenvalue weighted by Gasteiger charge is -2.20. The zero-order chi connectivity index (χ0) is 24.6. The van der Waals surface area contributed by atoms with Crippen molar-refractivity contribution >= 4 is 23.5 Å². The fraction of sp³-hybridized carbons (Fsp3) is 0.231. The van der Waals surface area contributed by atoms with Crippen LogP contribution in [0.5, 0.6) is 5.75 Å². The normalized spacial score (nSPS) is 11.3. The number of rotatable bonds is 7. The van der Waals surface area contributed by atoms with E-state index in [0.717, 1.165) is 11.1 Å². The summed E-state index contributed by atoms with van der Waals surface area (Å²) in [5, 5.41) is 17.4. The number of aliphatic hydroxyl groups excluding tert-OH is 1. The average molecular weight is 463 g/mol. The summed E-state index contributed by atoms with van der Waals surface area (Å²) in [6.07, 6.45) is -0.952. The predicted molar refractivity (Wildman–Crippen MR) is 125 cm³/mol. The van der Waals surface area contributed by atoms with Gasteiger partial charge in [-0.1, -0.05) is 42.5 Å². The highest BCUT2D eigenvalue weighted by molar-refractivity contribution is 5.94. The van der Waals surface area contributed by atoms with Gasteiger partial charge in [0.1, 0.15) is 23.5 Å². The van der Waals surface area contributed by atoms with E-state index >= 15 is 0 Å². The van der Waals surface area contributed by atoms with Crippen molar-refractivity contribution in [3.8, 4) is 5.75 Å². The van der Waals surface area contributed by atoms with E-state index in [9.17, 15) is 9.59 Å². The molecule has 0 heterocycles. The molecule has 0 aliphatic heterocycles. The second kappa shape index (κ2) is 11.2. The minimum atomic E-state index is -0.952. The van der Waals surface area contributed by atoms with E-state index in [2.05, 4.69) is 10.2 Å². The van der Waals surface area contributed by atoms with Gasteiger partial charge >= 0.3 is 12.1 Å². The number of azo groups is 1. The van der Waals surface area contributed by atoms with Crippen LogP contribution in [0.2, 0.25) is 0 Å². The van der Waals surface area contributed by atoms with Gasteiger partial charge < -0.3 is 19.3 Å². The van der Waals surface area contributed by atoms with Gasteiger partial charge in [0.25, 0.3) is 0 Å². The molecular weight excluding hydrogens is 436 g/mol. The summed E-state index contributed by atoms with van der Waals surface area (Å²) in [7, 11) is 0. The highest BCUT2D eigenvalue weighted by Gasteiger charge is 2.23. The summed E-state index contributed by atoms with van der Waals surface area (Å²) in [4.78, 5) is 25.0. The van der Waals surface area contributed by atoms with Crippen LogP contribution < -0.4 is 4.74 Å². The Morgan fingerprint density at radius 2 is 1.50 bits per heavy atom. The molecule has 0 bridgehead atoms. The standard InChI is InChI=1S/C26H26N2O6/c1-26(2,3)34-24(30)22-15-21(28-27-20-11-9-18(16-29)10-12-20)13-14-23(22)33-25(31)32-17-19-7-5-4-6-8-19/h4-15,29H,16-17H2,1-3H3. The van der Waals surface area contributed by atoms with Crippen LogP contribution in [0.4, 0.5) is 16.2 Å². The predicted octanol–water partition coefficient (Wildman–Crippen LogP) is 6.27. The molecule has 0 spiro atoms. The third kappa shape index (κ3) is 7.53. The highest BCUT2D eigenvalue weighted by atomic mass is 16.7. The van der Waals surface area contributed by atoms with Gasteiger partial charge in [-0.05, 0) is 62.2 Å². The Labute approximate surface area is 197 Å². The molecular formula is C26H26N2O6. The summed E-state index contributed by atoms with van der Waals surface area (Å²) in [5.74, 6) is -0.693. The number of carbonyl (C=O) groups excluding carboxylic acids is 2. The first-order valence-corrected chi connectivity index (χ1v) is 10.6. The quantitative estimate of drug-likeness (QED) is 0.252. The maximum absolute atomic E-state index is 12.8. The number of aliphatic hydroxyl groups is 1. The molecule has 8 nitrogen and oxygen atoms in total. The van der Waals surface area contributed by atoms with Gasteiger partial charge in [-0.15, -0.1) is 0 Å². The Hall–Kier alpha value is -4.04. The molecule has 34 heavy (non-hydrogen) atoms. The molecule has 0 aromatic heterocycles. The van der Waals surface area contributed by atoms with E-state index in [4.69, 9.17) is 19.3 Å². The van der Waals surface area contributed by atoms with Crippen LogP contribution in [-0.2, 0) is 22.7 Å². The molecule has 3 aromatic rings. The Bertz CT molecular complexity index is 1150. The third-order valence-electron chi connectivity index (χ3n) is 4.37. The lowest BCUT2D eigenvalue weighted by Crippen LogP contribution is -2.24. The lowest BCUT2D eigenvalue weighted by atomic mass is 10.1. The fourth-order valence-electron chi connectivity index (χ4n) is 2.78. The Morgan fingerprint density at radius 3 is 2.15 bits per heavy atom. The lowest BCUT2D eigenvalue weighted by molar-refractivity contribution is 0.00662. The Balaban J connectivity index is 1.79. The molecule has 0 atom stereocenters. The van der Waals surface area contributed by atoms with Crippen LogP contribution in [0, 0.1) is 0 Å². The molecule has 0 aliphatic carbocycles. The summed E-state index contributed by atoms with van der Waals surface area (Å²) < 4.78 is 15.9. The molecule has 0 saturated carbocycles. The summed E-state index contributed by atoms with van der Waals surface area (Å²) in [6, 6.07) is 20.5. The molecule has 0 aliphatic rings. The largest absolute Gasteiger partial charge is 0.514 e. The molecule has 1 N–H and O–H groups in total. The number of carbonyl (C=O) groups is 2. The van der Waals surface area contributed by atoms with E-state index < -0.39 is 17.7 Å². The zero-order valence-corrected chi connectivity index (χ0v) is 19.2. The highest BCUT2D eigenvalue weighted by Crippen LogP contribution is 2.28. The number of hydrogen-bond acceptors (Lipinski definition) is 8. The summed E-state index contributed by atoms with van der Waals surface area (Å²) in [5.41, 5.74) is 1.74. The number of hydrogen-bond donors (Lipinski definition) is 1. The van der Waals surface area contributed by atoms with Crippen molar-refractivity contribution in [1.82, 2.24) is 0 Å². The first kappa shape index (κ1) is 24.6. The van der Waals surface area contributed by atoms with Crippen molar-refractivity contribution in [2.24, 2.45) is 10.2 Å². The van der Waals surface area contributed by atoms with Gasteiger partial charge in [-0.25, -0.2) is 9.59 Å². The van der Waals surface area contributed by atoms with Gasteiger partial charge in [0.2, 0.25) is 0 Å². The van der Waals surface area contributed by atoms with E-state index in [1.807, 2.05) is 30.3 Å². The van der Waals surface area contributed by atoms with Crippen LogP contribution in [0.3, 0.4) is 0 Å². The SMILES string of the molecule is CC(C)(C)OC(=O)c1cc(N=Nc2ccc(CO)cc2)ccc1OC(=O)OCc1ccccc1. The number of ether oxygens (including phenoxy) is 3. The topological polar surface area (TPSA) is 107 Å². The number of esters is 1.